The Hall–Kier alpha value is -8.31. The highest BCUT2D eigenvalue weighted by atomic mass is 35.6. The second-order valence-electron chi connectivity index (χ2n) is 18.3. The number of nitrogens with zero attached hydrogens (tertiary/aromatic N) is 9. The molecule has 0 saturated carbocycles. The average Bonchev–Trinajstić information content (AvgIpc) is 3.60. The number of hydrogen-bond donors (Lipinski definition) is 2. The maximum Gasteiger partial charge on any atom is 0.404 e. The highest BCUT2D eigenvalue weighted by molar-refractivity contribution is 6.76. The van der Waals surface area contributed by atoms with Crippen LogP contribution in [-0.4, -0.2) is 120 Å². The van der Waals surface area contributed by atoms with E-state index in [1.54, 1.807) is 0 Å². The number of rotatable bonds is 9. The zero-order valence-electron chi connectivity index (χ0n) is 42.5. The van der Waals surface area contributed by atoms with Crippen LogP contribution in [0.15, 0.2) is 163 Å². The van der Waals surface area contributed by atoms with Crippen LogP contribution in [0.4, 0.5) is 16.4 Å². The molecule has 0 spiro atoms. The van der Waals surface area contributed by atoms with Gasteiger partial charge in [-0.25, -0.2) is 9.59 Å². The van der Waals surface area contributed by atoms with Gasteiger partial charge in [-0.15, -0.1) is 25.4 Å². The summed E-state index contributed by atoms with van der Waals surface area (Å²) in [6.45, 7) is 8.25. The minimum absolute atomic E-state index is 0.0162. The number of anilines is 2. The number of alkyl halides is 3. The minimum Gasteiger partial charge on any atom is -0.445 e. The largest absolute Gasteiger partial charge is 0.445 e. The predicted octanol–water partition coefficient (Wildman–Crippen LogP) is 9.60. The monoisotopic (exact) mass is 1110 g/mol. The number of aromatic nitrogens is 4. The third-order valence-electron chi connectivity index (χ3n) is 13.2. The fourth-order valence-electron chi connectivity index (χ4n) is 9.26. The van der Waals surface area contributed by atoms with Gasteiger partial charge in [-0.2, -0.15) is 0 Å². The molecule has 20 heteroatoms. The molecule has 2 aliphatic rings. The number of aliphatic imine (C=N–C) groups is 1. The summed E-state index contributed by atoms with van der Waals surface area (Å²) in [5.41, 5.74) is 11.7. The van der Waals surface area contributed by atoms with Gasteiger partial charge in [0.25, 0.3) is 15.6 Å². The van der Waals surface area contributed by atoms with Gasteiger partial charge in [0.05, 0.1) is 6.61 Å². The molecule has 10 rings (SSSR count). The molecule has 2 atom stereocenters. The molecule has 8 aromatic rings. The van der Waals surface area contributed by atoms with Crippen molar-refractivity contribution >= 4 is 97.9 Å². The zero-order valence-corrected chi connectivity index (χ0v) is 44.7. The molecule has 0 unspecified atom stereocenters. The van der Waals surface area contributed by atoms with Gasteiger partial charge in [0.2, 0.25) is 6.08 Å². The lowest BCUT2D eigenvalue weighted by Gasteiger charge is -2.40. The van der Waals surface area contributed by atoms with Crippen molar-refractivity contribution in [3.63, 3.8) is 0 Å². The molecule has 0 aliphatic carbocycles. The van der Waals surface area contributed by atoms with Gasteiger partial charge in [0.1, 0.15) is 18.0 Å². The Morgan fingerprint density at radius 1 is 0.590 bits per heavy atom. The fourth-order valence-corrected chi connectivity index (χ4v) is 9.38. The molecule has 4 heterocycles. The zero-order chi connectivity index (χ0) is 55.3. The van der Waals surface area contributed by atoms with Gasteiger partial charge in [-0.3, -0.25) is 14.4 Å². The Kier molecular flexibility index (Phi) is 18.4. The smallest absolute Gasteiger partial charge is 0.404 e. The van der Waals surface area contributed by atoms with Crippen LogP contribution in [-0.2, 0) is 27.5 Å². The van der Waals surface area contributed by atoms with Crippen molar-refractivity contribution in [3.05, 3.63) is 180 Å². The van der Waals surface area contributed by atoms with E-state index in [1.165, 1.54) is 0 Å². The molecule has 398 valence electrons. The van der Waals surface area contributed by atoms with Gasteiger partial charge < -0.3 is 35.2 Å². The van der Waals surface area contributed by atoms with E-state index in [4.69, 9.17) is 45.3 Å². The summed E-state index contributed by atoms with van der Waals surface area (Å²) in [6, 6.07) is 50.7. The van der Waals surface area contributed by atoms with Gasteiger partial charge in [-0.05, 0) is 49.2 Å². The van der Waals surface area contributed by atoms with E-state index in [0.29, 0.717) is 44.8 Å². The van der Waals surface area contributed by atoms with E-state index in [9.17, 15) is 29.1 Å². The molecule has 17 nitrogen and oxygen atoms in total. The first-order valence-electron chi connectivity index (χ1n) is 24.8. The molecule has 78 heavy (non-hydrogen) atoms. The van der Waals surface area contributed by atoms with Gasteiger partial charge in [-0.1, -0.05) is 168 Å². The minimum atomic E-state index is -2.14. The van der Waals surface area contributed by atoms with E-state index in [-0.39, 0.29) is 37.1 Å². The number of hydrogen-bond acceptors (Lipinski definition) is 13. The van der Waals surface area contributed by atoms with Crippen LogP contribution < -0.4 is 15.5 Å². The van der Waals surface area contributed by atoms with Crippen molar-refractivity contribution in [2.24, 2.45) is 10.7 Å². The number of aliphatic hydroxyl groups is 1. The molecule has 2 aromatic heterocycles. The third-order valence-corrected chi connectivity index (χ3v) is 13.6. The number of fused-ring (bicyclic) bond motifs is 2. The number of isocyanates is 1. The third kappa shape index (κ3) is 13.4. The highest BCUT2D eigenvalue weighted by Crippen LogP contribution is 2.35. The summed E-state index contributed by atoms with van der Waals surface area (Å²) in [5.74, 6) is 0.654. The van der Waals surface area contributed by atoms with Crippen molar-refractivity contribution in [2.75, 3.05) is 49.1 Å². The van der Waals surface area contributed by atoms with Crippen molar-refractivity contribution < 1.29 is 33.8 Å². The summed E-state index contributed by atoms with van der Waals surface area (Å²) < 4.78 is 2.72. The normalized spacial score (nSPS) is 15.3. The maximum atomic E-state index is 12.9. The molecule has 2 fully saturated rings. The van der Waals surface area contributed by atoms with E-state index in [0.717, 1.165) is 78.5 Å². The molecule has 2 aliphatic heterocycles. The topological polar surface area (TPSA) is 218 Å². The molecule has 4 amide bonds. The second kappa shape index (κ2) is 25.7. The Labute approximate surface area is 464 Å². The number of primary amides is 1. The van der Waals surface area contributed by atoms with Crippen LogP contribution >= 0.6 is 34.8 Å². The van der Waals surface area contributed by atoms with Crippen LogP contribution in [0.1, 0.15) is 45.7 Å². The van der Waals surface area contributed by atoms with E-state index >= 15 is 0 Å². The second-order valence-corrected chi connectivity index (χ2v) is 20.6. The predicted molar refractivity (Wildman–Crippen MR) is 302 cm³/mol. The maximum absolute atomic E-state index is 12.9. The first kappa shape index (κ1) is 55.9. The summed E-state index contributed by atoms with van der Waals surface area (Å²) in [5, 5.41) is 32.0. The van der Waals surface area contributed by atoms with Crippen LogP contribution in [0.25, 0.3) is 44.1 Å². The van der Waals surface area contributed by atoms with Gasteiger partial charge >= 0.3 is 12.0 Å². The van der Waals surface area contributed by atoms with E-state index in [1.807, 2.05) is 149 Å². The number of piperazine rings is 2. The number of benzene rings is 6. The van der Waals surface area contributed by atoms with Crippen molar-refractivity contribution in [1.82, 2.24) is 30.2 Å². The number of amides is 4. The van der Waals surface area contributed by atoms with Crippen LogP contribution in [0.5, 0.6) is 0 Å². The standard InChI is InChI=1S/C28H27N5O3.C27H26N4O2.C3Cl3NO2/c1-19-17-32(27(34)22-7-3-2-4-8-22)15-16-33(19)26-24-10-6-5-9-23(24)25(30-31-26)21-13-11-20(12-14-21)18-36-28(29)35;1-19-17-30(27(33)22-7-3-2-4-8-22)15-16-31(19)26-24-10-6-5-9-23(24)25(28-29-26)21-13-11-20(18-32)12-14-21;4-3(5,6)2(9)7-1-8/h2-14,19H,15-18H2,1H3,(H2,29,35);2-14,19,32H,15-18H2,1H3;/t2*19-;/m11./s1. The number of aliphatic hydroxyl groups excluding tert-OH is 1. The van der Waals surface area contributed by atoms with E-state index < -0.39 is 15.8 Å². The lowest BCUT2D eigenvalue weighted by atomic mass is 10.0. The number of ether oxygens (including phenoxy) is 1. The molecule has 0 bridgehead atoms. The number of nitrogens with two attached hydrogens (primary N) is 1. The SMILES string of the molecule is C[C@@H]1CN(C(=O)c2ccccc2)CCN1c1nnc(-c2ccc(CO)cc2)c2ccccc12.C[C@@H]1CN(C(=O)c2ccccc2)CCN1c1nnc(-c2ccc(COC(N)=O)cc2)c2ccccc12.O=C=NC(=O)C(Cl)(Cl)Cl. The van der Waals surface area contributed by atoms with Crippen molar-refractivity contribution in [1.29, 1.82) is 0 Å². The molecule has 0 radical (unpaired) electrons. The Balaban J connectivity index is 0.000000179. The quantitative estimate of drug-likeness (QED) is 0.0783. The molecule has 2 saturated heterocycles. The first-order valence-corrected chi connectivity index (χ1v) is 25.9. The molecular weight excluding hydrogens is 1060 g/mol. The van der Waals surface area contributed by atoms with Gasteiger partial charge in [0, 0.05) is 95.2 Å². The number of halogens is 3. The Morgan fingerprint density at radius 2 is 0.987 bits per heavy atom. The Bertz CT molecular complexity index is 3460. The molecule has 6 aromatic carbocycles. The highest BCUT2D eigenvalue weighted by Gasteiger charge is 2.32. The van der Waals surface area contributed by atoms with Crippen LogP contribution in [0.2, 0.25) is 0 Å². The van der Waals surface area contributed by atoms with Gasteiger partial charge in [0.15, 0.2) is 11.6 Å². The summed E-state index contributed by atoms with van der Waals surface area (Å²) >= 11 is 14.9. The van der Waals surface area contributed by atoms with Crippen molar-refractivity contribution in [3.8, 4) is 22.5 Å². The fraction of sp³-hybridized carbons (Fsp3) is 0.224. The molecule has 3 N–H and O–H groups in total. The van der Waals surface area contributed by atoms with Crippen molar-refractivity contribution in [2.45, 2.75) is 42.9 Å². The Morgan fingerprint density at radius 3 is 1.35 bits per heavy atom. The van der Waals surface area contributed by atoms with Crippen LogP contribution in [0.3, 0.4) is 0 Å². The van der Waals surface area contributed by atoms with E-state index in [2.05, 4.69) is 67.2 Å². The number of carbonyl (C=O) groups excluding carboxylic acids is 5. The first-order chi connectivity index (χ1) is 37.6. The summed E-state index contributed by atoms with van der Waals surface area (Å²) in [4.78, 5) is 67.2. The average molecular weight is 1110 g/mol. The lowest BCUT2D eigenvalue weighted by molar-refractivity contribution is -0.116. The number of carbonyl (C=O) groups is 4. The van der Waals surface area contributed by atoms with Crippen LogP contribution in [0, 0.1) is 0 Å². The summed E-state index contributed by atoms with van der Waals surface area (Å²) in [6.07, 6.45) is 0.146. The molecular formula is C58H53Cl3N10O7. The lowest BCUT2D eigenvalue weighted by Crippen LogP contribution is -2.54. The summed E-state index contributed by atoms with van der Waals surface area (Å²) in [7, 11) is 0.